The number of rotatable bonds is 3. The van der Waals surface area contributed by atoms with Gasteiger partial charge in [-0.3, -0.25) is 4.79 Å². The summed E-state index contributed by atoms with van der Waals surface area (Å²) in [5, 5.41) is 6.75. The molecule has 0 aliphatic carbocycles. The number of hydrogen-bond donors (Lipinski definition) is 2. The second-order valence-electron chi connectivity index (χ2n) is 3.96. The third-order valence-corrected chi connectivity index (χ3v) is 4.04. The fourth-order valence-electron chi connectivity index (χ4n) is 1.74. The molecule has 1 saturated heterocycles. The Morgan fingerprint density at radius 2 is 2.28 bits per heavy atom. The van der Waals surface area contributed by atoms with Crippen molar-refractivity contribution in [1.29, 1.82) is 0 Å². The van der Waals surface area contributed by atoms with Crippen molar-refractivity contribution in [2.75, 3.05) is 23.4 Å². The van der Waals surface area contributed by atoms with E-state index in [1.165, 1.54) is 0 Å². The molecule has 1 aliphatic heterocycles. The summed E-state index contributed by atoms with van der Waals surface area (Å²) in [6, 6.07) is 7.55. The molecule has 1 fully saturated rings. The lowest BCUT2D eigenvalue weighted by molar-refractivity contribution is -0.116. The molecule has 18 heavy (non-hydrogen) atoms. The maximum absolute atomic E-state index is 11.8. The Labute approximate surface area is 122 Å². The van der Waals surface area contributed by atoms with Gasteiger partial charge in [-0.2, -0.15) is 11.8 Å². The van der Waals surface area contributed by atoms with Gasteiger partial charge < -0.3 is 10.6 Å². The van der Waals surface area contributed by atoms with Crippen LogP contribution in [-0.4, -0.2) is 30.0 Å². The summed E-state index contributed by atoms with van der Waals surface area (Å²) in [6.45, 7) is 0.981. The van der Waals surface area contributed by atoms with E-state index < -0.39 is 0 Å². The minimum Gasteiger partial charge on any atom is -0.325 e. The van der Waals surface area contributed by atoms with Crippen molar-refractivity contribution in [2.24, 2.45) is 0 Å². The van der Waals surface area contributed by atoms with Gasteiger partial charge in [-0.1, -0.05) is 23.7 Å². The summed E-state index contributed by atoms with van der Waals surface area (Å²) in [5.74, 6) is 2.14. The van der Waals surface area contributed by atoms with Gasteiger partial charge >= 0.3 is 0 Å². The minimum atomic E-state index is 0. The predicted molar refractivity (Wildman–Crippen MR) is 81.1 cm³/mol. The Morgan fingerprint density at radius 1 is 1.50 bits per heavy atom. The molecular formula is C12H16Cl2N2OS. The molecule has 1 aromatic rings. The molecule has 6 heteroatoms. The molecule has 100 valence electrons. The molecule has 0 radical (unpaired) electrons. The second-order valence-corrected chi connectivity index (χ2v) is 5.52. The Bertz CT molecular complexity index is 397. The van der Waals surface area contributed by atoms with Gasteiger partial charge in [0.1, 0.15) is 0 Å². The average molecular weight is 307 g/mol. The van der Waals surface area contributed by atoms with Crippen LogP contribution in [0.5, 0.6) is 0 Å². The quantitative estimate of drug-likeness (QED) is 0.902. The molecule has 1 aromatic carbocycles. The van der Waals surface area contributed by atoms with Crippen molar-refractivity contribution in [3.8, 4) is 0 Å². The van der Waals surface area contributed by atoms with Gasteiger partial charge in [0.05, 0.1) is 10.7 Å². The topological polar surface area (TPSA) is 41.1 Å². The zero-order valence-electron chi connectivity index (χ0n) is 9.82. The molecule has 1 aliphatic rings. The number of thioether (sulfide) groups is 1. The second kappa shape index (κ2) is 7.89. The highest BCUT2D eigenvalue weighted by Gasteiger charge is 2.17. The molecule has 0 saturated carbocycles. The van der Waals surface area contributed by atoms with Gasteiger partial charge in [0.2, 0.25) is 5.91 Å². The van der Waals surface area contributed by atoms with Gasteiger partial charge in [0, 0.05) is 30.5 Å². The first kappa shape index (κ1) is 15.6. The largest absolute Gasteiger partial charge is 0.325 e. The van der Waals surface area contributed by atoms with Crippen molar-refractivity contribution in [3.63, 3.8) is 0 Å². The standard InChI is InChI=1S/C12H15ClN2OS.ClH/c13-10-3-1-2-4-11(10)15-12(16)7-9-8-17-6-5-14-9;/h1-4,9,14H,5-8H2,(H,15,16);1H. The molecule has 1 heterocycles. The first-order chi connectivity index (χ1) is 8.25. The van der Waals surface area contributed by atoms with Crippen LogP contribution in [0.1, 0.15) is 6.42 Å². The Hall–Kier alpha value is -0.420. The van der Waals surface area contributed by atoms with Gasteiger partial charge in [-0.15, -0.1) is 12.4 Å². The zero-order valence-corrected chi connectivity index (χ0v) is 12.2. The van der Waals surface area contributed by atoms with E-state index in [9.17, 15) is 4.79 Å². The van der Waals surface area contributed by atoms with Crippen LogP contribution in [0.15, 0.2) is 24.3 Å². The van der Waals surface area contributed by atoms with E-state index >= 15 is 0 Å². The number of benzene rings is 1. The van der Waals surface area contributed by atoms with Crippen LogP contribution in [0, 0.1) is 0 Å². The molecular weight excluding hydrogens is 291 g/mol. The number of anilines is 1. The molecule has 0 bridgehead atoms. The lowest BCUT2D eigenvalue weighted by Crippen LogP contribution is -2.39. The van der Waals surface area contributed by atoms with E-state index in [0.29, 0.717) is 17.1 Å². The summed E-state index contributed by atoms with van der Waals surface area (Å²) in [5.41, 5.74) is 0.683. The van der Waals surface area contributed by atoms with E-state index in [4.69, 9.17) is 11.6 Å². The summed E-state index contributed by atoms with van der Waals surface area (Å²) < 4.78 is 0. The lowest BCUT2D eigenvalue weighted by Gasteiger charge is -2.22. The smallest absolute Gasteiger partial charge is 0.226 e. The Balaban J connectivity index is 0.00000162. The number of amides is 1. The van der Waals surface area contributed by atoms with Crippen LogP contribution in [0.4, 0.5) is 5.69 Å². The molecule has 2 N–H and O–H groups in total. The third-order valence-electron chi connectivity index (χ3n) is 2.58. The lowest BCUT2D eigenvalue weighted by atomic mass is 10.2. The summed E-state index contributed by atoms with van der Waals surface area (Å²) in [4.78, 5) is 11.8. The number of halogens is 2. The van der Waals surface area contributed by atoms with E-state index in [-0.39, 0.29) is 24.4 Å². The number of hydrogen-bond acceptors (Lipinski definition) is 3. The van der Waals surface area contributed by atoms with E-state index in [1.807, 2.05) is 30.0 Å². The molecule has 3 nitrogen and oxygen atoms in total. The third kappa shape index (κ3) is 4.69. The predicted octanol–water partition coefficient (Wildman–Crippen LogP) is 2.80. The van der Waals surface area contributed by atoms with Crippen LogP contribution >= 0.6 is 35.8 Å². The molecule has 1 atom stereocenters. The summed E-state index contributed by atoms with van der Waals surface area (Å²) >= 11 is 7.86. The Kier molecular flexibility index (Phi) is 6.86. The van der Waals surface area contributed by atoms with E-state index in [0.717, 1.165) is 18.1 Å². The molecule has 0 aromatic heterocycles. The molecule has 1 amide bonds. The van der Waals surface area contributed by atoms with Crippen molar-refractivity contribution < 1.29 is 4.79 Å². The highest BCUT2D eigenvalue weighted by atomic mass is 35.5. The van der Waals surface area contributed by atoms with Crippen molar-refractivity contribution in [3.05, 3.63) is 29.3 Å². The zero-order chi connectivity index (χ0) is 12.1. The SMILES string of the molecule is Cl.O=C(CC1CSCCN1)Nc1ccccc1Cl. The van der Waals surface area contributed by atoms with Crippen LogP contribution in [0.2, 0.25) is 5.02 Å². The fraction of sp³-hybridized carbons (Fsp3) is 0.417. The number of para-hydroxylation sites is 1. The number of carbonyl (C=O) groups is 1. The first-order valence-corrected chi connectivity index (χ1v) is 7.14. The minimum absolute atomic E-state index is 0. The first-order valence-electron chi connectivity index (χ1n) is 5.61. The highest BCUT2D eigenvalue weighted by molar-refractivity contribution is 7.99. The van der Waals surface area contributed by atoms with Gasteiger partial charge in [0.25, 0.3) is 0 Å². The van der Waals surface area contributed by atoms with Crippen LogP contribution in [0.25, 0.3) is 0 Å². The summed E-state index contributed by atoms with van der Waals surface area (Å²) in [6.07, 6.45) is 0.498. The van der Waals surface area contributed by atoms with Gasteiger partial charge in [0.15, 0.2) is 0 Å². The van der Waals surface area contributed by atoms with E-state index in [2.05, 4.69) is 10.6 Å². The molecule has 1 unspecified atom stereocenters. The summed E-state index contributed by atoms with van der Waals surface area (Å²) in [7, 11) is 0. The molecule has 2 rings (SSSR count). The monoisotopic (exact) mass is 306 g/mol. The van der Waals surface area contributed by atoms with Crippen LogP contribution in [-0.2, 0) is 4.79 Å². The van der Waals surface area contributed by atoms with Crippen molar-refractivity contribution >= 4 is 47.4 Å². The maximum Gasteiger partial charge on any atom is 0.226 e. The van der Waals surface area contributed by atoms with Crippen molar-refractivity contribution in [1.82, 2.24) is 5.32 Å². The van der Waals surface area contributed by atoms with E-state index in [1.54, 1.807) is 6.07 Å². The fourth-order valence-corrected chi connectivity index (χ4v) is 2.87. The van der Waals surface area contributed by atoms with Crippen LogP contribution < -0.4 is 10.6 Å². The Morgan fingerprint density at radius 3 is 2.94 bits per heavy atom. The number of carbonyl (C=O) groups excluding carboxylic acids is 1. The van der Waals surface area contributed by atoms with Crippen LogP contribution in [0.3, 0.4) is 0 Å². The maximum atomic E-state index is 11.8. The average Bonchev–Trinajstić information content (AvgIpc) is 2.33. The highest BCUT2D eigenvalue weighted by Crippen LogP contribution is 2.21. The number of nitrogens with one attached hydrogen (secondary N) is 2. The van der Waals surface area contributed by atoms with Gasteiger partial charge in [-0.25, -0.2) is 0 Å². The molecule has 0 spiro atoms. The van der Waals surface area contributed by atoms with Crippen molar-refractivity contribution in [2.45, 2.75) is 12.5 Å². The normalized spacial score (nSPS) is 18.8. The van der Waals surface area contributed by atoms with Gasteiger partial charge in [-0.05, 0) is 12.1 Å².